The zero-order chi connectivity index (χ0) is 15.2. The van der Waals surface area contributed by atoms with Gasteiger partial charge >= 0.3 is 0 Å². The highest BCUT2D eigenvalue weighted by atomic mass is 19.1. The van der Waals surface area contributed by atoms with Gasteiger partial charge in [-0.3, -0.25) is 0 Å². The maximum atomic E-state index is 14.1. The number of hydrogen-bond donors (Lipinski definition) is 1. The Balaban J connectivity index is 2.06. The van der Waals surface area contributed by atoms with Crippen molar-refractivity contribution in [3.05, 3.63) is 59.4 Å². The lowest BCUT2D eigenvalue weighted by molar-refractivity contribution is 0.383. The predicted molar refractivity (Wildman–Crippen MR) is 81.3 cm³/mol. The first-order valence-electron chi connectivity index (χ1n) is 6.84. The average molecular weight is 289 g/mol. The molecule has 112 valence electrons. The van der Waals surface area contributed by atoms with Crippen molar-refractivity contribution >= 4 is 0 Å². The summed E-state index contributed by atoms with van der Waals surface area (Å²) in [5, 5.41) is 0. The van der Waals surface area contributed by atoms with E-state index < -0.39 is 0 Å². The van der Waals surface area contributed by atoms with Crippen LogP contribution in [0.25, 0.3) is 0 Å². The molecule has 0 radical (unpaired) electrons. The summed E-state index contributed by atoms with van der Waals surface area (Å²) < 4.78 is 24.3. The van der Waals surface area contributed by atoms with Crippen LogP contribution in [-0.4, -0.2) is 20.3 Å². The van der Waals surface area contributed by atoms with Crippen molar-refractivity contribution in [3.8, 4) is 11.5 Å². The van der Waals surface area contributed by atoms with E-state index >= 15 is 0 Å². The summed E-state index contributed by atoms with van der Waals surface area (Å²) in [6.07, 6.45) is 1.12. The second-order valence-corrected chi connectivity index (χ2v) is 4.95. The van der Waals surface area contributed by atoms with Crippen LogP contribution in [0, 0.1) is 5.82 Å². The fourth-order valence-corrected chi connectivity index (χ4v) is 2.33. The molecule has 21 heavy (non-hydrogen) atoms. The number of ether oxygens (including phenoxy) is 2. The van der Waals surface area contributed by atoms with E-state index in [9.17, 15) is 4.39 Å². The van der Waals surface area contributed by atoms with Crippen molar-refractivity contribution in [2.24, 2.45) is 5.73 Å². The summed E-state index contributed by atoms with van der Waals surface area (Å²) in [6.45, 7) is 0. The minimum Gasteiger partial charge on any atom is -0.497 e. The Morgan fingerprint density at radius 1 is 1.05 bits per heavy atom. The molecular weight excluding hydrogens is 269 g/mol. The van der Waals surface area contributed by atoms with E-state index in [-0.39, 0.29) is 17.6 Å². The molecule has 0 aliphatic rings. The maximum Gasteiger partial charge on any atom is 0.168 e. The van der Waals surface area contributed by atoms with Crippen molar-refractivity contribution in [2.45, 2.75) is 18.9 Å². The molecule has 0 saturated carbocycles. The standard InChI is InChI=1S/C17H20FNO2/c1-20-15-7-3-5-12(10-15)9-14(19)11-13-6-4-8-16(21-2)17(13)18/h3-8,10,14H,9,11,19H2,1-2H3. The van der Waals surface area contributed by atoms with E-state index in [0.29, 0.717) is 18.4 Å². The molecule has 1 atom stereocenters. The molecule has 0 saturated heterocycles. The topological polar surface area (TPSA) is 44.5 Å². The van der Waals surface area contributed by atoms with E-state index in [1.807, 2.05) is 24.3 Å². The lowest BCUT2D eigenvalue weighted by atomic mass is 9.99. The molecule has 4 heteroatoms. The third-order valence-electron chi connectivity index (χ3n) is 3.38. The van der Waals surface area contributed by atoms with Gasteiger partial charge in [0.1, 0.15) is 5.75 Å². The molecule has 0 fully saturated rings. The Morgan fingerprint density at radius 2 is 1.81 bits per heavy atom. The third kappa shape index (κ3) is 3.95. The Labute approximate surface area is 124 Å². The predicted octanol–water partition coefficient (Wildman–Crippen LogP) is 2.96. The normalized spacial score (nSPS) is 12.0. The van der Waals surface area contributed by atoms with Crippen molar-refractivity contribution in [1.82, 2.24) is 0 Å². The summed E-state index contributed by atoms with van der Waals surface area (Å²) in [7, 11) is 3.09. The highest BCUT2D eigenvalue weighted by molar-refractivity contribution is 5.32. The summed E-state index contributed by atoms with van der Waals surface area (Å²) in [5.41, 5.74) is 7.79. The summed E-state index contributed by atoms with van der Waals surface area (Å²) >= 11 is 0. The second-order valence-electron chi connectivity index (χ2n) is 4.95. The summed E-state index contributed by atoms with van der Waals surface area (Å²) in [4.78, 5) is 0. The molecule has 2 N–H and O–H groups in total. The van der Waals surface area contributed by atoms with Crippen LogP contribution in [0.1, 0.15) is 11.1 Å². The molecule has 2 rings (SSSR count). The summed E-state index contributed by atoms with van der Waals surface area (Å²) in [6, 6.07) is 12.7. The molecule has 1 unspecified atom stereocenters. The maximum absolute atomic E-state index is 14.1. The van der Waals surface area contributed by atoms with Crippen LogP contribution in [0.15, 0.2) is 42.5 Å². The van der Waals surface area contributed by atoms with Gasteiger partial charge in [-0.05, 0) is 42.2 Å². The monoisotopic (exact) mass is 289 g/mol. The fourth-order valence-electron chi connectivity index (χ4n) is 2.33. The number of benzene rings is 2. The number of rotatable bonds is 6. The van der Waals surface area contributed by atoms with E-state index in [1.54, 1.807) is 25.3 Å². The molecule has 2 aromatic carbocycles. The van der Waals surface area contributed by atoms with Crippen molar-refractivity contribution < 1.29 is 13.9 Å². The Kier molecular flexibility index (Phi) is 5.17. The number of hydrogen-bond acceptors (Lipinski definition) is 3. The molecule has 0 aliphatic heterocycles. The number of nitrogens with two attached hydrogens (primary N) is 1. The minimum absolute atomic E-state index is 0.168. The quantitative estimate of drug-likeness (QED) is 0.889. The van der Waals surface area contributed by atoms with Crippen LogP contribution in [0.2, 0.25) is 0 Å². The number of halogens is 1. The Morgan fingerprint density at radius 3 is 2.52 bits per heavy atom. The lowest BCUT2D eigenvalue weighted by Gasteiger charge is -2.14. The van der Waals surface area contributed by atoms with Gasteiger partial charge in [0, 0.05) is 6.04 Å². The Hall–Kier alpha value is -2.07. The Bertz CT molecular complexity index is 601. The fraction of sp³-hybridized carbons (Fsp3) is 0.294. The van der Waals surface area contributed by atoms with Crippen LogP contribution in [0.3, 0.4) is 0 Å². The average Bonchev–Trinajstić information content (AvgIpc) is 2.49. The van der Waals surface area contributed by atoms with Crippen molar-refractivity contribution in [2.75, 3.05) is 14.2 Å². The van der Waals surface area contributed by atoms with Gasteiger partial charge in [-0.2, -0.15) is 0 Å². The molecule has 3 nitrogen and oxygen atoms in total. The van der Waals surface area contributed by atoms with E-state index in [2.05, 4.69) is 0 Å². The van der Waals surface area contributed by atoms with E-state index in [1.165, 1.54) is 7.11 Å². The van der Waals surface area contributed by atoms with Gasteiger partial charge in [-0.1, -0.05) is 24.3 Å². The number of methoxy groups -OCH3 is 2. The van der Waals surface area contributed by atoms with Gasteiger partial charge in [-0.15, -0.1) is 0 Å². The van der Waals surface area contributed by atoms with Crippen LogP contribution < -0.4 is 15.2 Å². The molecule has 0 aromatic heterocycles. The third-order valence-corrected chi connectivity index (χ3v) is 3.38. The first-order chi connectivity index (χ1) is 10.1. The van der Waals surface area contributed by atoms with Crippen LogP contribution in [0.5, 0.6) is 11.5 Å². The van der Waals surface area contributed by atoms with Gasteiger partial charge in [0.25, 0.3) is 0 Å². The molecule has 0 amide bonds. The van der Waals surface area contributed by atoms with Gasteiger partial charge in [0.05, 0.1) is 14.2 Å². The molecule has 0 aliphatic carbocycles. The lowest BCUT2D eigenvalue weighted by Crippen LogP contribution is -2.26. The molecule has 2 aromatic rings. The summed E-state index contributed by atoms with van der Waals surface area (Å²) in [5.74, 6) is 0.717. The first-order valence-corrected chi connectivity index (χ1v) is 6.84. The first kappa shape index (κ1) is 15.3. The smallest absolute Gasteiger partial charge is 0.168 e. The second kappa shape index (κ2) is 7.09. The van der Waals surface area contributed by atoms with Crippen molar-refractivity contribution in [3.63, 3.8) is 0 Å². The van der Waals surface area contributed by atoms with E-state index in [0.717, 1.165) is 11.3 Å². The molecule has 0 heterocycles. The van der Waals surface area contributed by atoms with Gasteiger partial charge < -0.3 is 15.2 Å². The van der Waals surface area contributed by atoms with Crippen LogP contribution in [0.4, 0.5) is 4.39 Å². The molecular formula is C17H20FNO2. The zero-order valence-corrected chi connectivity index (χ0v) is 12.3. The van der Waals surface area contributed by atoms with E-state index in [4.69, 9.17) is 15.2 Å². The SMILES string of the molecule is COc1cccc(CC(N)Cc2cccc(OC)c2F)c1. The molecule has 0 bridgehead atoms. The molecule has 0 spiro atoms. The van der Waals surface area contributed by atoms with Crippen LogP contribution >= 0.6 is 0 Å². The van der Waals surface area contributed by atoms with Gasteiger partial charge in [0.2, 0.25) is 0 Å². The zero-order valence-electron chi connectivity index (χ0n) is 12.3. The van der Waals surface area contributed by atoms with Crippen LogP contribution in [-0.2, 0) is 12.8 Å². The van der Waals surface area contributed by atoms with Gasteiger partial charge in [0.15, 0.2) is 11.6 Å². The highest BCUT2D eigenvalue weighted by Gasteiger charge is 2.12. The van der Waals surface area contributed by atoms with Crippen molar-refractivity contribution in [1.29, 1.82) is 0 Å². The highest BCUT2D eigenvalue weighted by Crippen LogP contribution is 2.21. The van der Waals surface area contributed by atoms with Gasteiger partial charge in [-0.25, -0.2) is 4.39 Å². The minimum atomic E-state index is -0.332. The largest absolute Gasteiger partial charge is 0.497 e.